The first-order chi connectivity index (χ1) is 10.2. The lowest BCUT2D eigenvalue weighted by Crippen LogP contribution is -1.92. The van der Waals surface area contributed by atoms with Crippen LogP contribution in [0.1, 0.15) is 5.56 Å². The third-order valence-corrected chi connectivity index (χ3v) is 2.96. The smallest absolute Gasteiger partial charge is 0.328 e. The number of aliphatic carboxylic acids is 1. The number of benzene rings is 2. The molecule has 5 nitrogen and oxygen atoms in total. The van der Waals surface area contributed by atoms with Gasteiger partial charge in [0.1, 0.15) is 0 Å². The molecule has 3 rings (SSSR count). The fourth-order valence-corrected chi connectivity index (χ4v) is 2.04. The van der Waals surface area contributed by atoms with Crippen molar-refractivity contribution < 1.29 is 9.90 Å². The molecule has 3 N–H and O–H groups in total. The summed E-state index contributed by atoms with van der Waals surface area (Å²) < 4.78 is 0. The number of H-pyrrole nitrogens is 1. The number of carboxylic acids is 1. The van der Waals surface area contributed by atoms with Crippen LogP contribution in [-0.4, -0.2) is 21.0 Å². The van der Waals surface area contributed by atoms with Gasteiger partial charge in [0.05, 0.1) is 11.0 Å². The van der Waals surface area contributed by atoms with Gasteiger partial charge < -0.3 is 15.4 Å². The minimum Gasteiger partial charge on any atom is -0.478 e. The van der Waals surface area contributed by atoms with E-state index in [9.17, 15) is 4.79 Å². The van der Waals surface area contributed by atoms with Gasteiger partial charge in [0.25, 0.3) is 0 Å². The second kappa shape index (κ2) is 5.50. The Morgan fingerprint density at radius 3 is 2.86 bits per heavy atom. The molecule has 3 aromatic rings. The Morgan fingerprint density at radius 1 is 1.19 bits per heavy atom. The topological polar surface area (TPSA) is 78.0 Å². The summed E-state index contributed by atoms with van der Waals surface area (Å²) in [5.41, 5.74) is 3.49. The van der Waals surface area contributed by atoms with Crippen molar-refractivity contribution in [3.05, 3.63) is 60.2 Å². The highest BCUT2D eigenvalue weighted by atomic mass is 16.4. The average Bonchev–Trinajstić information content (AvgIpc) is 2.87. The van der Waals surface area contributed by atoms with E-state index in [0.717, 1.165) is 28.4 Å². The largest absolute Gasteiger partial charge is 0.478 e. The van der Waals surface area contributed by atoms with Gasteiger partial charge in [-0.15, -0.1) is 0 Å². The van der Waals surface area contributed by atoms with Crippen LogP contribution in [0.5, 0.6) is 0 Å². The van der Waals surface area contributed by atoms with Gasteiger partial charge >= 0.3 is 5.97 Å². The molecule has 104 valence electrons. The van der Waals surface area contributed by atoms with Gasteiger partial charge in [-0.05, 0) is 35.9 Å². The predicted molar refractivity (Wildman–Crippen MR) is 82.5 cm³/mol. The van der Waals surface area contributed by atoms with Gasteiger partial charge in [-0.3, -0.25) is 0 Å². The second-order valence-electron chi connectivity index (χ2n) is 4.52. The molecule has 0 amide bonds. The fourth-order valence-electron chi connectivity index (χ4n) is 2.04. The fraction of sp³-hybridized carbons (Fsp3) is 0. The summed E-state index contributed by atoms with van der Waals surface area (Å²) >= 11 is 0. The van der Waals surface area contributed by atoms with Crippen LogP contribution < -0.4 is 5.32 Å². The number of para-hydroxylation sites is 2. The average molecular weight is 279 g/mol. The lowest BCUT2D eigenvalue weighted by Gasteiger charge is -2.03. The van der Waals surface area contributed by atoms with Gasteiger partial charge in [-0.1, -0.05) is 24.3 Å². The zero-order valence-electron chi connectivity index (χ0n) is 11.1. The molecular formula is C16H13N3O2. The molecule has 1 heterocycles. The van der Waals surface area contributed by atoms with Crippen molar-refractivity contribution in [3.8, 4) is 0 Å². The van der Waals surface area contributed by atoms with E-state index in [-0.39, 0.29) is 0 Å². The molecule has 0 fully saturated rings. The molecule has 0 aliphatic rings. The Bertz CT molecular complexity index is 788. The second-order valence-corrected chi connectivity index (χ2v) is 4.52. The number of anilines is 2. The molecule has 0 atom stereocenters. The van der Waals surface area contributed by atoms with E-state index in [1.165, 1.54) is 0 Å². The van der Waals surface area contributed by atoms with Crippen LogP contribution in [0.3, 0.4) is 0 Å². The Kier molecular flexibility index (Phi) is 3.39. The molecule has 0 unspecified atom stereocenters. The molecule has 21 heavy (non-hydrogen) atoms. The van der Waals surface area contributed by atoms with Crippen LogP contribution in [0.2, 0.25) is 0 Å². The highest BCUT2D eigenvalue weighted by Gasteiger charge is 2.02. The Morgan fingerprint density at radius 2 is 2.05 bits per heavy atom. The summed E-state index contributed by atoms with van der Waals surface area (Å²) in [5, 5.41) is 11.8. The third-order valence-electron chi connectivity index (χ3n) is 2.96. The molecule has 0 saturated carbocycles. The van der Waals surface area contributed by atoms with Crippen molar-refractivity contribution in [1.29, 1.82) is 0 Å². The number of nitrogens with one attached hydrogen (secondary N) is 2. The van der Waals surface area contributed by atoms with Crippen LogP contribution in [0, 0.1) is 0 Å². The van der Waals surface area contributed by atoms with Gasteiger partial charge in [-0.25, -0.2) is 9.78 Å². The first-order valence-corrected chi connectivity index (χ1v) is 6.43. The Balaban J connectivity index is 1.84. The van der Waals surface area contributed by atoms with Crippen LogP contribution in [0.4, 0.5) is 11.6 Å². The number of fused-ring (bicyclic) bond motifs is 1. The number of carbonyl (C=O) groups is 1. The number of rotatable bonds is 4. The highest BCUT2D eigenvalue weighted by Crippen LogP contribution is 2.19. The maximum atomic E-state index is 10.5. The molecule has 0 aliphatic carbocycles. The summed E-state index contributed by atoms with van der Waals surface area (Å²) in [7, 11) is 0. The Labute approximate surface area is 121 Å². The lowest BCUT2D eigenvalue weighted by molar-refractivity contribution is -0.131. The van der Waals surface area contributed by atoms with E-state index in [2.05, 4.69) is 15.3 Å². The van der Waals surface area contributed by atoms with Crippen LogP contribution in [-0.2, 0) is 4.79 Å². The van der Waals surface area contributed by atoms with E-state index in [0.29, 0.717) is 5.95 Å². The van der Waals surface area contributed by atoms with E-state index < -0.39 is 5.97 Å². The quantitative estimate of drug-likeness (QED) is 0.639. The zero-order valence-corrected chi connectivity index (χ0v) is 11.1. The van der Waals surface area contributed by atoms with E-state index in [4.69, 9.17) is 5.11 Å². The van der Waals surface area contributed by atoms with E-state index in [1.54, 1.807) is 6.08 Å². The van der Waals surface area contributed by atoms with Crippen molar-refractivity contribution in [2.45, 2.75) is 0 Å². The predicted octanol–water partition coefficient (Wildman–Crippen LogP) is 3.40. The maximum Gasteiger partial charge on any atom is 0.328 e. The molecule has 1 aromatic heterocycles. The number of hydrogen-bond acceptors (Lipinski definition) is 3. The molecule has 0 aliphatic heterocycles. The standard InChI is InChI=1S/C16H13N3O2/c20-15(21)9-8-11-4-3-5-12(10-11)17-16-18-13-6-1-2-7-14(13)19-16/h1-10H,(H,20,21)(H2,17,18,19)/b9-8+. The van der Waals surface area contributed by atoms with E-state index in [1.807, 2.05) is 48.5 Å². The lowest BCUT2D eigenvalue weighted by atomic mass is 10.2. The van der Waals surface area contributed by atoms with Crippen LogP contribution in [0.25, 0.3) is 17.1 Å². The first kappa shape index (κ1) is 12.9. The molecule has 0 spiro atoms. The number of aromatic amines is 1. The van der Waals surface area contributed by atoms with E-state index >= 15 is 0 Å². The monoisotopic (exact) mass is 279 g/mol. The summed E-state index contributed by atoms with van der Waals surface area (Å²) in [6.45, 7) is 0. The van der Waals surface area contributed by atoms with Crippen LogP contribution >= 0.6 is 0 Å². The van der Waals surface area contributed by atoms with Gasteiger partial charge in [0.15, 0.2) is 0 Å². The van der Waals surface area contributed by atoms with Crippen LogP contribution in [0.15, 0.2) is 54.6 Å². The summed E-state index contributed by atoms with van der Waals surface area (Å²) in [6, 6.07) is 15.2. The van der Waals surface area contributed by atoms with Gasteiger partial charge in [0, 0.05) is 11.8 Å². The van der Waals surface area contributed by atoms with Crippen molar-refractivity contribution in [2.75, 3.05) is 5.32 Å². The van der Waals surface area contributed by atoms with Gasteiger partial charge in [-0.2, -0.15) is 0 Å². The molecule has 0 bridgehead atoms. The Hall–Kier alpha value is -3.08. The number of aromatic nitrogens is 2. The molecule has 0 radical (unpaired) electrons. The normalized spacial score (nSPS) is 11.0. The number of nitrogens with zero attached hydrogens (tertiary/aromatic N) is 1. The number of imidazole rings is 1. The van der Waals surface area contributed by atoms with Crippen molar-refractivity contribution in [3.63, 3.8) is 0 Å². The summed E-state index contributed by atoms with van der Waals surface area (Å²) in [4.78, 5) is 18.1. The van der Waals surface area contributed by atoms with Crippen molar-refractivity contribution >= 4 is 34.7 Å². The minimum atomic E-state index is -0.967. The number of carboxylic acid groups (broad SMARTS) is 1. The molecule has 0 saturated heterocycles. The first-order valence-electron chi connectivity index (χ1n) is 6.43. The van der Waals surface area contributed by atoms with Crippen molar-refractivity contribution in [1.82, 2.24) is 9.97 Å². The zero-order chi connectivity index (χ0) is 14.7. The number of hydrogen-bond donors (Lipinski definition) is 3. The SMILES string of the molecule is O=C(O)/C=C/c1cccc(Nc2nc3ccccc3[nH]2)c1. The maximum absolute atomic E-state index is 10.5. The highest BCUT2D eigenvalue weighted by molar-refractivity contribution is 5.85. The summed E-state index contributed by atoms with van der Waals surface area (Å²) in [5.74, 6) is -0.318. The minimum absolute atomic E-state index is 0.649. The third kappa shape index (κ3) is 3.09. The van der Waals surface area contributed by atoms with Gasteiger partial charge in [0.2, 0.25) is 5.95 Å². The summed E-state index contributed by atoms with van der Waals surface area (Å²) in [6.07, 6.45) is 2.66. The van der Waals surface area contributed by atoms with Crippen molar-refractivity contribution in [2.24, 2.45) is 0 Å². The molecule has 2 aromatic carbocycles. The molecular weight excluding hydrogens is 266 g/mol. The molecule has 5 heteroatoms.